The normalized spacial score (nSPS) is 18.8. The van der Waals surface area contributed by atoms with Gasteiger partial charge in [0.2, 0.25) is 0 Å². The van der Waals surface area contributed by atoms with Crippen LogP contribution in [0.25, 0.3) is 0 Å². The topological polar surface area (TPSA) is 46.2 Å². The molecule has 5 heteroatoms. The summed E-state index contributed by atoms with van der Waals surface area (Å²) in [5.41, 5.74) is 2.61. The standard InChI is InChI=1S/C15H16FN3O/c16-11-1-3-12(4-2-11)19-13-5-6-14(18-9-13)15-10-17-7-8-20-15/h1-6,9,15,17,19H,7-8,10H2/t15-/m0/s1. The number of halogens is 1. The molecule has 1 aromatic carbocycles. The fourth-order valence-corrected chi connectivity index (χ4v) is 2.12. The quantitative estimate of drug-likeness (QED) is 0.902. The monoisotopic (exact) mass is 273 g/mol. The van der Waals surface area contributed by atoms with Crippen LogP contribution in [0.3, 0.4) is 0 Å². The molecule has 1 aromatic heterocycles. The average Bonchev–Trinajstić information content (AvgIpc) is 2.51. The molecular formula is C15H16FN3O. The van der Waals surface area contributed by atoms with E-state index in [1.165, 1.54) is 12.1 Å². The third-order valence-electron chi connectivity index (χ3n) is 3.18. The predicted octanol–water partition coefficient (Wildman–Crippen LogP) is 2.63. The van der Waals surface area contributed by atoms with Gasteiger partial charge in [0, 0.05) is 18.8 Å². The molecule has 1 aliphatic heterocycles. The Morgan fingerprint density at radius 1 is 1.15 bits per heavy atom. The molecule has 1 aliphatic rings. The average molecular weight is 273 g/mol. The highest BCUT2D eigenvalue weighted by Crippen LogP contribution is 2.20. The highest BCUT2D eigenvalue weighted by atomic mass is 19.1. The summed E-state index contributed by atoms with van der Waals surface area (Å²) >= 11 is 0. The molecule has 20 heavy (non-hydrogen) atoms. The minimum Gasteiger partial charge on any atom is -0.369 e. The number of aromatic nitrogens is 1. The van der Waals surface area contributed by atoms with E-state index in [-0.39, 0.29) is 11.9 Å². The molecular weight excluding hydrogens is 257 g/mol. The fourth-order valence-electron chi connectivity index (χ4n) is 2.12. The van der Waals surface area contributed by atoms with Crippen molar-refractivity contribution in [3.05, 3.63) is 54.1 Å². The Hall–Kier alpha value is -1.98. The lowest BCUT2D eigenvalue weighted by Gasteiger charge is -2.23. The molecule has 0 spiro atoms. The lowest BCUT2D eigenvalue weighted by atomic mass is 10.2. The summed E-state index contributed by atoms with van der Waals surface area (Å²) < 4.78 is 18.5. The number of ether oxygens (including phenoxy) is 1. The number of anilines is 2. The number of nitrogens with zero attached hydrogens (tertiary/aromatic N) is 1. The van der Waals surface area contributed by atoms with E-state index < -0.39 is 0 Å². The van der Waals surface area contributed by atoms with Crippen LogP contribution in [-0.2, 0) is 4.74 Å². The van der Waals surface area contributed by atoms with E-state index in [0.29, 0.717) is 6.61 Å². The Morgan fingerprint density at radius 2 is 1.95 bits per heavy atom. The van der Waals surface area contributed by atoms with Crippen molar-refractivity contribution in [2.24, 2.45) is 0 Å². The third-order valence-corrected chi connectivity index (χ3v) is 3.18. The van der Waals surface area contributed by atoms with Crippen molar-refractivity contribution in [2.75, 3.05) is 25.0 Å². The van der Waals surface area contributed by atoms with Crippen LogP contribution in [-0.4, -0.2) is 24.7 Å². The fraction of sp³-hybridized carbons (Fsp3) is 0.267. The van der Waals surface area contributed by atoms with Gasteiger partial charge in [-0.2, -0.15) is 0 Å². The summed E-state index contributed by atoms with van der Waals surface area (Å²) in [6.07, 6.45) is 1.78. The minimum absolute atomic E-state index is 0.0172. The van der Waals surface area contributed by atoms with Crippen LogP contribution in [0.4, 0.5) is 15.8 Å². The van der Waals surface area contributed by atoms with E-state index in [1.54, 1.807) is 18.3 Å². The van der Waals surface area contributed by atoms with Crippen molar-refractivity contribution >= 4 is 11.4 Å². The van der Waals surface area contributed by atoms with Crippen LogP contribution < -0.4 is 10.6 Å². The van der Waals surface area contributed by atoms with E-state index in [0.717, 1.165) is 30.2 Å². The molecule has 0 saturated carbocycles. The van der Waals surface area contributed by atoms with Crippen LogP contribution in [0.1, 0.15) is 11.8 Å². The van der Waals surface area contributed by atoms with Gasteiger partial charge in [-0.1, -0.05) is 0 Å². The zero-order valence-corrected chi connectivity index (χ0v) is 11.0. The molecule has 104 valence electrons. The zero-order valence-electron chi connectivity index (χ0n) is 11.0. The van der Waals surface area contributed by atoms with Gasteiger partial charge < -0.3 is 15.4 Å². The summed E-state index contributed by atoms with van der Waals surface area (Å²) in [6.45, 7) is 2.39. The smallest absolute Gasteiger partial charge is 0.123 e. The first-order chi connectivity index (χ1) is 9.81. The molecule has 1 saturated heterocycles. The number of hydrogen-bond acceptors (Lipinski definition) is 4. The molecule has 0 aliphatic carbocycles. The summed E-state index contributed by atoms with van der Waals surface area (Å²) in [4.78, 5) is 4.41. The highest BCUT2D eigenvalue weighted by molar-refractivity contribution is 5.58. The van der Waals surface area contributed by atoms with Crippen molar-refractivity contribution in [3.8, 4) is 0 Å². The Labute approximate surface area is 117 Å². The predicted molar refractivity (Wildman–Crippen MR) is 75.5 cm³/mol. The maximum atomic E-state index is 12.8. The van der Waals surface area contributed by atoms with Crippen molar-refractivity contribution in [1.29, 1.82) is 0 Å². The van der Waals surface area contributed by atoms with Gasteiger partial charge in [-0.15, -0.1) is 0 Å². The number of rotatable bonds is 3. The van der Waals surface area contributed by atoms with E-state index >= 15 is 0 Å². The second-order valence-electron chi connectivity index (χ2n) is 4.67. The third kappa shape index (κ3) is 3.12. The van der Waals surface area contributed by atoms with Gasteiger partial charge in [0.15, 0.2) is 0 Å². The first kappa shape index (κ1) is 13.0. The molecule has 0 radical (unpaired) electrons. The van der Waals surface area contributed by atoms with Crippen LogP contribution in [0.2, 0.25) is 0 Å². The van der Waals surface area contributed by atoms with E-state index in [9.17, 15) is 4.39 Å². The molecule has 2 aromatic rings. The molecule has 2 N–H and O–H groups in total. The number of hydrogen-bond donors (Lipinski definition) is 2. The van der Waals surface area contributed by atoms with Gasteiger partial charge in [-0.05, 0) is 36.4 Å². The van der Waals surface area contributed by atoms with Gasteiger partial charge >= 0.3 is 0 Å². The van der Waals surface area contributed by atoms with Gasteiger partial charge in [-0.25, -0.2) is 4.39 Å². The molecule has 2 heterocycles. The molecule has 0 amide bonds. The Morgan fingerprint density at radius 3 is 2.60 bits per heavy atom. The minimum atomic E-state index is -0.244. The number of pyridine rings is 1. The number of nitrogens with one attached hydrogen (secondary N) is 2. The van der Waals surface area contributed by atoms with Gasteiger partial charge in [0.1, 0.15) is 11.9 Å². The summed E-state index contributed by atoms with van der Waals surface area (Å²) in [6, 6.07) is 10.1. The van der Waals surface area contributed by atoms with E-state index in [1.807, 2.05) is 12.1 Å². The lowest BCUT2D eigenvalue weighted by molar-refractivity contribution is 0.0250. The molecule has 1 fully saturated rings. The Balaban J connectivity index is 1.67. The Kier molecular flexibility index (Phi) is 3.90. The zero-order chi connectivity index (χ0) is 13.8. The largest absolute Gasteiger partial charge is 0.369 e. The van der Waals surface area contributed by atoms with Crippen LogP contribution >= 0.6 is 0 Å². The van der Waals surface area contributed by atoms with Gasteiger partial charge in [-0.3, -0.25) is 4.98 Å². The number of benzene rings is 1. The highest BCUT2D eigenvalue weighted by Gasteiger charge is 2.16. The summed E-state index contributed by atoms with van der Waals surface area (Å²) in [5, 5.41) is 6.45. The van der Waals surface area contributed by atoms with Crippen molar-refractivity contribution in [1.82, 2.24) is 10.3 Å². The van der Waals surface area contributed by atoms with Crippen molar-refractivity contribution in [2.45, 2.75) is 6.10 Å². The van der Waals surface area contributed by atoms with Gasteiger partial charge in [0.05, 0.1) is 24.2 Å². The second kappa shape index (κ2) is 5.98. The Bertz CT molecular complexity index is 550. The molecule has 3 rings (SSSR count). The van der Waals surface area contributed by atoms with E-state index in [2.05, 4.69) is 15.6 Å². The van der Waals surface area contributed by atoms with E-state index in [4.69, 9.17) is 4.74 Å². The SMILES string of the molecule is Fc1ccc(Nc2ccc([C@@H]3CNCCO3)nc2)cc1. The van der Waals surface area contributed by atoms with Crippen LogP contribution in [0, 0.1) is 5.82 Å². The first-order valence-corrected chi connectivity index (χ1v) is 6.62. The lowest BCUT2D eigenvalue weighted by Crippen LogP contribution is -2.33. The summed E-state index contributed by atoms with van der Waals surface area (Å²) in [7, 11) is 0. The van der Waals surface area contributed by atoms with Crippen molar-refractivity contribution < 1.29 is 9.13 Å². The first-order valence-electron chi connectivity index (χ1n) is 6.62. The van der Waals surface area contributed by atoms with Crippen molar-refractivity contribution in [3.63, 3.8) is 0 Å². The molecule has 4 nitrogen and oxygen atoms in total. The maximum Gasteiger partial charge on any atom is 0.123 e. The van der Waals surface area contributed by atoms with Crippen LogP contribution in [0.5, 0.6) is 0 Å². The molecule has 1 atom stereocenters. The number of morpholine rings is 1. The maximum absolute atomic E-state index is 12.8. The van der Waals surface area contributed by atoms with Gasteiger partial charge in [0.25, 0.3) is 0 Å². The summed E-state index contributed by atoms with van der Waals surface area (Å²) in [5.74, 6) is -0.244. The van der Waals surface area contributed by atoms with Crippen LogP contribution in [0.15, 0.2) is 42.6 Å². The molecule has 0 unspecified atom stereocenters. The molecule has 0 bridgehead atoms. The second-order valence-corrected chi connectivity index (χ2v) is 4.67.